The zero-order valence-corrected chi connectivity index (χ0v) is 23.8. The highest BCUT2D eigenvalue weighted by Crippen LogP contribution is 2.40. The van der Waals surface area contributed by atoms with E-state index in [1.54, 1.807) is 0 Å². The van der Waals surface area contributed by atoms with E-state index in [1.807, 2.05) is 0 Å². The summed E-state index contributed by atoms with van der Waals surface area (Å²) < 4.78 is 66.8. The van der Waals surface area contributed by atoms with E-state index in [0.717, 1.165) is 25.0 Å². The van der Waals surface area contributed by atoms with Gasteiger partial charge < -0.3 is 15.4 Å². The quantitative estimate of drug-likeness (QED) is 0.414. The van der Waals surface area contributed by atoms with E-state index in [1.165, 1.54) is 60.6 Å². The van der Waals surface area contributed by atoms with E-state index < -0.39 is 33.5 Å². The molecule has 0 aromatic heterocycles. The predicted molar refractivity (Wildman–Crippen MR) is 149 cm³/mol. The van der Waals surface area contributed by atoms with Crippen molar-refractivity contribution in [2.45, 2.75) is 92.8 Å². The first-order valence-corrected chi connectivity index (χ1v) is 15.9. The molecule has 2 aliphatic heterocycles. The number of nitrogens with two attached hydrogens (primary N) is 1. The second-order valence-electron chi connectivity index (χ2n) is 11.3. The number of halogens is 3. The Labute approximate surface area is 239 Å². The van der Waals surface area contributed by atoms with Crippen LogP contribution in [0.25, 0.3) is 0 Å². The first-order valence-electron chi connectivity index (χ1n) is 14.0. The number of ether oxygens (including phenoxy) is 1. The minimum Gasteiger partial charge on any atom is -0.493 e. The summed E-state index contributed by atoms with van der Waals surface area (Å²) in [6.07, 6.45) is 8.12. The zero-order valence-electron chi connectivity index (χ0n) is 22.3. The normalized spacial score (nSPS) is 24.6. The lowest BCUT2D eigenvalue weighted by Crippen LogP contribution is -2.60. The SMILES string of the molecule is NC1CC2CCC(C1)N2C(=O)[C@@H](NS(=O)(=O)c1ccc(OCC2CCCCC2)cc1)C(F)(F)c1ccc(Cl)cc1. The van der Waals surface area contributed by atoms with Gasteiger partial charge in [-0.1, -0.05) is 43.0 Å². The summed E-state index contributed by atoms with van der Waals surface area (Å²) in [6.45, 7) is 0.552. The average Bonchev–Trinajstić information content (AvgIpc) is 3.21. The summed E-state index contributed by atoms with van der Waals surface area (Å²) in [6, 6.07) is 7.37. The van der Waals surface area contributed by atoms with Gasteiger partial charge in [0.05, 0.1) is 11.5 Å². The third-order valence-electron chi connectivity index (χ3n) is 8.48. The van der Waals surface area contributed by atoms with Crippen molar-refractivity contribution in [3.8, 4) is 5.75 Å². The lowest BCUT2D eigenvalue weighted by molar-refractivity contribution is -0.149. The van der Waals surface area contributed by atoms with E-state index in [9.17, 15) is 13.2 Å². The van der Waals surface area contributed by atoms with Crippen molar-refractivity contribution < 1.29 is 26.7 Å². The Morgan fingerprint density at radius 1 is 1.00 bits per heavy atom. The number of piperidine rings is 1. The van der Waals surface area contributed by atoms with Gasteiger partial charge in [-0.15, -0.1) is 0 Å². The minimum absolute atomic E-state index is 0.118. The molecule has 0 spiro atoms. The summed E-state index contributed by atoms with van der Waals surface area (Å²) >= 11 is 5.90. The monoisotopic (exact) mass is 595 g/mol. The Kier molecular flexibility index (Phi) is 8.71. The lowest BCUT2D eigenvalue weighted by atomic mass is 9.90. The van der Waals surface area contributed by atoms with Crippen molar-refractivity contribution in [2.75, 3.05) is 6.61 Å². The third-order valence-corrected chi connectivity index (χ3v) is 10.2. The first-order chi connectivity index (χ1) is 19.0. The molecule has 218 valence electrons. The Morgan fingerprint density at radius 2 is 1.60 bits per heavy atom. The average molecular weight is 596 g/mol. The predicted octanol–water partition coefficient (Wildman–Crippen LogP) is 5.22. The van der Waals surface area contributed by atoms with Crippen molar-refractivity contribution in [3.63, 3.8) is 0 Å². The van der Waals surface area contributed by atoms with Crippen LogP contribution in [0.3, 0.4) is 0 Å². The number of fused-ring (bicyclic) bond motifs is 2. The maximum atomic E-state index is 16.0. The van der Waals surface area contributed by atoms with Gasteiger partial charge in [0.2, 0.25) is 15.9 Å². The van der Waals surface area contributed by atoms with Crippen LogP contribution in [0, 0.1) is 5.92 Å². The van der Waals surface area contributed by atoms with Crippen molar-refractivity contribution in [3.05, 3.63) is 59.1 Å². The highest BCUT2D eigenvalue weighted by molar-refractivity contribution is 7.89. The van der Waals surface area contributed by atoms with Gasteiger partial charge in [-0.05, 0) is 80.8 Å². The molecule has 5 rings (SSSR count). The van der Waals surface area contributed by atoms with Crippen molar-refractivity contribution in [2.24, 2.45) is 11.7 Å². The molecule has 1 aliphatic carbocycles. The van der Waals surface area contributed by atoms with Gasteiger partial charge in [0.25, 0.3) is 5.92 Å². The molecule has 2 heterocycles. The van der Waals surface area contributed by atoms with Crippen LogP contribution in [0.2, 0.25) is 5.02 Å². The molecule has 3 fully saturated rings. The number of alkyl halides is 2. The molecule has 1 amide bonds. The van der Waals surface area contributed by atoms with Gasteiger partial charge in [-0.2, -0.15) is 13.5 Å². The molecule has 3 N–H and O–H groups in total. The van der Waals surface area contributed by atoms with Crippen LogP contribution in [-0.2, 0) is 20.7 Å². The molecule has 1 saturated carbocycles. The highest BCUT2D eigenvalue weighted by Gasteiger charge is 2.53. The number of sulfonamides is 1. The second kappa shape index (κ2) is 11.9. The van der Waals surface area contributed by atoms with Gasteiger partial charge in [0, 0.05) is 28.7 Å². The molecule has 40 heavy (non-hydrogen) atoms. The van der Waals surface area contributed by atoms with Crippen LogP contribution in [-0.4, -0.2) is 50.0 Å². The molecule has 2 bridgehead atoms. The number of benzene rings is 2. The van der Waals surface area contributed by atoms with E-state index in [-0.39, 0.29) is 28.0 Å². The van der Waals surface area contributed by atoms with E-state index >= 15 is 8.78 Å². The fraction of sp³-hybridized carbons (Fsp3) is 0.552. The third kappa shape index (κ3) is 6.30. The Morgan fingerprint density at radius 3 is 2.20 bits per heavy atom. The largest absolute Gasteiger partial charge is 0.493 e. The maximum Gasteiger partial charge on any atom is 0.298 e. The van der Waals surface area contributed by atoms with Crippen LogP contribution in [0.15, 0.2) is 53.4 Å². The molecule has 3 atom stereocenters. The fourth-order valence-electron chi connectivity index (χ4n) is 6.35. The highest BCUT2D eigenvalue weighted by atomic mass is 35.5. The Hall–Kier alpha value is -2.27. The van der Waals surface area contributed by atoms with Crippen molar-refractivity contribution in [1.29, 1.82) is 0 Å². The number of hydrogen-bond donors (Lipinski definition) is 2. The van der Waals surface area contributed by atoms with Gasteiger partial charge in [0.15, 0.2) is 6.04 Å². The van der Waals surface area contributed by atoms with Crippen LogP contribution >= 0.6 is 11.6 Å². The van der Waals surface area contributed by atoms with Crippen LogP contribution in [0.4, 0.5) is 8.78 Å². The van der Waals surface area contributed by atoms with Gasteiger partial charge >= 0.3 is 0 Å². The minimum atomic E-state index is -4.50. The molecule has 2 aromatic rings. The smallest absolute Gasteiger partial charge is 0.298 e. The summed E-state index contributed by atoms with van der Waals surface area (Å²) in [5.74, 6) is -3.82. The number of nitrogens with zero attached hydrogens (tertiary/aromatic N) is 1. The molecule has 2 unspecified atom stereocenters. The van der Waals surface area contributed by atoms with E-state index in [4.69, 9.17) is 22.1 Å². The maximum absolute atomic E-state index is 16.0. The fourth-order valence-corrected chi connectivity index (χ4v) is 7.67. The number of hydrogen-bond acceptors (Lipinski definition) is 5. The molecule has 2 saturated heterocycles. The Bertz CT molecular complexity index is 1270. The van der Waals surface area contributed by atoms with Crippen LogP contribution in [0.1, 0.15) is 63.4 Å². The van der Waals surface area contributed by atoms with E-state index in [2.05, 4.69) is 4.72 Å². The molecule has 3 aliphatic rings. The van der Waals surface area contributed by atoms with Gasteiger partial charge in [0.1, 0.15) is 5.75 Å². The number of amides is 1. The van der Waals surface area contributed by atoms with Crippen LogP contribution < -0.4 is 15.2 Å². The zero-order chi connectivity index (χ0) is 28.5. The van der Waals surface area contributed by atoms with Crippen LogP contribution in [0.5, 0.6) is 5.75 Å². The molecule has 11 heteroatoms. The second-order valence-corrected chi connectivity index (χ2v) is 13.5. The van der Waals surface area contributed by atoms with Gasteiger partial charge in [-0.25, -0.2) is 8.42 Å². The summed E-state index contributed by atoms with van der Waals surface area (Å²) in [5.41, 5.74) is 5.61. The standard InChI is InChI=1S/C29H36ClF2N3O4S/c30-21-8-6-20(7-9-21)29(31,32)27(28(36)35-23-10-11-24(35)17-22(33)16-23)34-40(37,38)26-14-12-25(13-15-26)39-18-19-4-2-1-3-5-19/h6-9,12-15,19,22-24,27,34H,1-5,10-11,16-18,33H2/t22?,23?,24?,27-/m1/s1. The molecular formula is C29H36ClF2N3O4S. The summed E-state index contributed by atoms with van der Waals surface area (Å²) in [7, 11) is -4.50. The van der Waals surface area contributed by atoms with E-state index in [0.29, 0.717) is 44.0 Å². The summed E-state index contributed by atoms with van der Waals surface area (Å²) in [5, 5.41) is 0.247. The number of carbonyl (C=O) groups is 1. The van der Waals surface area contributed by atoms with Crippen molar-refractivity contribution in [1.82, 2.24) is 9.62 Å². The van der Waals surface area contributed by atoms with Crippen molar-refractivity contribution >= 4 is 27.5 Å². The topological polar surface area (TPSA) is 102 Å². The molecular weight excluding hydrogens is 560 g/mol. The summed E-state index contributed by atoms with van der Waals surface area (Å²) in [4.78, 5) is 15.0. The number of carbonyl (C=O) groups excluding carboxylic acids is 1. The lowest BCUT2D eigenvalue weighted by Gasteiger charge is -2.41. The molecule has 0 radical (unpaired) electrons. The number of nitrogens with one attached hydrogen (secondary N) is 1. The first kappa shape index (κ1) is 29.2. The number of rotatable bonds is 9. The van der Waals surface area contributed by atoms with Gasteiger partial charge in [-0.3, -0.25) is 4.79 Å². The molecule has 2 aromatic carbocycles. The Balaban J connectivity index is 1.38. The molecule has 7 nitrogen and oxygen atoms in total.